The monoisotopic (exact) mass is 488 g/mol. The highest BCUT2D eigenvalue weighted by molar-refractivity contribution is 5.82. The third kappa shape index (κ3) is 5.18. The van der Waals surface area contributed by atoms with Crippen LogP contribution in [0.5, 0.6) is 5.75 Å². The number of para-hydroxylation sites is 1. The van der Waals surface area contributed by atoms with Gasteiger partial charge in [0.15, 0.2) is 5.82 Å². The molecule has 0 aliphatic carbocycles. The van der Waals surface area contributed by atoms with Crippen LogP contribution in [0.3, 0.4) is 0 Å². The van der Waals surface area contributed by atoms with Crippen molar-refractivity contribution in [1.29, 1.82) is 0 Å². The number of benzene rings is 2. The molecule has 36 heavy (non-hydrogen) atoms. The Morgan fingerprint density at radius 2 is 1.81 bits per heavy atom. The first kappa shape index (κ1) is 25.6. The Morgan fingerprint density at radius 1 is 1.08 bits per heavy atom. The number of tetrazole rings is 1. The Kier molecular flexibility index (Phi) is 7.26. The summed E-state index contributed by atoms with van der Waals surface area (Å²) in [5.41, 5.74) is 4.50. The van der Waals surface area contributed by atoms with Gasteiger partial charge in [-0.1, -0.05) is 36.8 Å². The maximum atomic E-state index is 13.3. The van der Waals surface area contributed by atoms with E-state index in [1.54, 1.807) is 7.11 Å². The van der Waals surface area contributed by atoms with E-state index in [9.17, 15) is 4.79 Å². The van der Waals surface area contributed by atoms with Gasteiger partial charge in [-0.2, -0.15) is 0 Å². The zero-order valence-electron chi connectivity index (χ0n) is 22.3. The normalized spacial score (nSPS) is 12.9. The number of nitrogens with one attached hydrogen (secondary N) is 1. The smallest absolute Gasteiger partial charge is 0.252 e. The first-order chi connectivity index (χ1) is 17.1. The van der Waals surface area contributed by atoms with Crippen LogP contribution in [-0.2, 0) is 18.6 Å². The van der Waals surface area contributed by atoms with Crippen molar-refractivity contribution in [1.82, 2.24) is 30.1 Å². The minimum atomic E-state index is -0.280. The van der Waals surface area contributed by atoms with Gasteiger partial charge in [0.1, 0.15) is 5.75 Å². The molecule has 2 aromatic heterocycles. The fourth-order valence-electron chi connectivity index (χ4n) is 4.88. The average molecular weight is 489 g/mol. The van der Waals surface area contributed by atoms with Crippen molar-refractivity contribution in [3.63, 3.8) is 0 Å². The van der Waals surface area contributed by atoms with Crippen molar-refractivity contribution in [3.8, 4) is 5.75 Å². The van der Waals surface area contributed by atoms with Gasteiger partial charge in [-0.3, -0.25) is 9.69 Å². The third-order valence-corrected chi connectivity index (χ3v) is 6.56. The number of rotatable bonds is 8. The molecule has 0 saturated heterocycles. The van der Waals surface area contributed by atoms with E-state index in [4.69, 9.17) is 4.74 Å². The van der Waals surface area contributed by atoms with Gasteiger partial charge in [-0.05, 0) is 80.6 Å². The molecule has 4 rings (SSSR count). The lowest BCUT2D eigenvalue weighted by atomic mass is 10.0. The van der Waals surface area contributed by atoms with Crippen molar-refractivity contribution in [3.05, 3.63) is 80.9 Å². The summed E-state index contributed by atoms with van der Waals surface area (Å²) in [5, 5.41) is 13.8. The summed E-state index contributed by atoms with van der Waals surface area (Å²) in [6, 6.07) is 14.1. The quantitative estimate of drug-likeness (QED) is 0.373. The fourth-order valence-corrected chi connectivity index (χ4v) is 4.88. The van der Waals surface area contributed by atoms with Crippen LogP contribution in [-0.4, -0.2) is 37.2 Å². The van der Waals surface area contributed by atoms with E-state index >= 15 is 0 Å². The van der Waals surface area contributed by atoms with Gasteiger partial charge in [0.2, 0.25) is 0 Å². The van der Waals surface area contributed by atoms with Crippen LogP contribution in [0.25, 0.3) is 10.9 Å². The van der Waals surface area contributed by atoms with Gasteiger partial charge in [-0.25, -0.2) is 4.68 Å². The first-order valence-electron chi connectivity index (χ1n) is 12.4. The summed E-state index contributed by atoms with van der Waals surface area (Å²) < 4.78 is 7.53. The number of hydrogen-bond donors (Lipinski definition) is 1. The highest BCUT2D eigenvalue weighted by Crippen LogP contribution is 2.31. The molecule has 1 atom stereocenters. The summed E-state index contributed by atoms with van der Waals surface area (Å²) in [7, 11) is 1.68. The predicted molar refractivity (Wildman–Crippen MR) is 142 cm³/mol. The molecule has 0 aliphatic rings. The molecule has 0 aliphatic heterocycles. The molecule has 8 nitrogen and oxygen atoms in total. The van der Waals surface area contributed by atoms with E-state index in [0.717, 1.165) is 40.0 Å². The molecular weight excluding hydrogens is 452 g/mol. The van der Waals surface area contributed by atoms with Crippen molar-refractivity contribution in [2.24, 2.45) is 0 Å². The van der Waals surface area contributed by atoms with Gasteiger partial charge in [0.25, 0.3) is 5.56 Å². The lowest BCUT2D eigenvalue weighted by Gasteiger charge is -2.32. The maximum Gasteiger partial charge on any atom is 0.252 e. The number of pyridine rings is 1. The molecule has 0 bridgehead atoms. The van der Waals surface area contributed by atoms with Gasteiger partial charge < -0.3 is 9.72 Å². The molecule has 8 heteroatoms. The summed E-state index contributed by atoms with van der Waals surface area (Å²) in [6.07, 6.45) is 0.773. The molecule has 0 fully saturated rings. The van der Waals surface area contributed by atoms with Crippen LogP contribution in [0.15, 0.2) is 47.3 Å². The molecule has 2 heterocycles. The molecule has 0 radical (unpaired) electrons. The highest BCUT2D eigenvalue weighted by atomic mass is 16.5. The Morgan fingerprint density at radius 3 is 2.50 bits per heavy atom. The number of hydrogen-bond acceptors (Lipinski definition) is 6. The molecule has 0 spiro atoms. The molecule has 190 valence electrons. The number of aryl methyl sites for hydroxylation is 2. The lowest BCUT2D eigenvalue weighted by Crippen LogP contribution is -2.35. The van der Waals surface area contributed by atoms with E-state index in [1.165, 1.54) is 5.56 Å². The SMILES string of the molecule is CCC(c1nnnn1C(C)(C)C)N(Cc1ccccc1OC)Cc1cc2cc(C)cc(C)c2[nH]c1=O. The number of nitrogens with zero attached hydrogens (tertiary/aromatic N) is 5. The molecule has 1 N–H and O–H groups in total. The van der Waals surface area contributed by atoms with E-state index < -0.39 is 0 Å². The molecule has 1 unspecified atom stereocenters. The number of fused-ring (bicyclic) bond motifs is 1. The van der Waals surface area contributed by atoms with E-state index in [2.05, 4.69) is 78.2 Å². The minimum absolute atomic E-state index is 0.0789. The second-order valence-electron chi connectivity index (χ2n) is 10.4. The minimum Gasteiger partial charge on any atom is -0.496 e. The fraction of sp³-hybridized carbons (Fsp3) is 0.429. The van der Waals surface area contributed by atoms with Crippen molar-refractivity contribution >= 4 is 10.9 Å². The number of ether oxygens (including phenoxy) is 1. The highest BCUT2D eigenvalue weighted by Gasteiger charge is 2.30. The van der Waals surface area contributed by atoms with Crippen molar-refractivity contribution in [2.75, 3.05) is 7.11 Å². The van der Waals surface area contributed by atoms with Crippen LogP contribution in [0, 0.1) is 13.8 Å². The number of H-pyrrole nitrogens is 1. The summed E-state index contributed by atoms with van der Waals surface area (Å²) in [6.45, 7) is 13.5. The van der Waals surface area contributed by atoms with Crippen molar-refractivity contribution < 1.29 is 4.74 Å². The molecule has 0 saturated carbocycles. The van der Waals surface area contributed by atoms with E-state index in [1.807, 2.05) is 35.9 Å². The van der Waals surface area contributed by atoms with Gasteiger partial charge in [-0.15, -0.1) is 5.10 Å². The Labute approximate surface area is 212 Å². The number of aromatic amines is 1. The van der Waals surface area contributed by atoms with Crippen LogP contribution >= 0.6 is 0 Å². The van der Waals surface area contributed by atoms with Crippen LogP contribution in [0.1, 0.15) is 68.2 Å². The van der Waals surface area contributed by atoms with Gasteiger partial charge in [0.05, 0.1) is 24.2 Å². The van der Waals surface area contributed by atoms with Crippen LogP contribution in [0.2, 0.25) is 0 Å². The number of aromatic nitrogens is 5. The molecule has 4 aromatic rings. The maximum absolute atomic E-state index is 13.3. The average Bonchev–Trinajstić information content (AvgIpc) is 3.31. The zero-order valence-corrected chi connectivity index (χ0v) is 22.3. The first-order valence-corrected chi connectivity index (χ1v) is 12.4. The Bertz CT molecular complexity index is 1420. The number of methoxy groups -OCH3 is 1. The second kappa shape index (κ2) is 10.2. The standard InChI is InChI=1S/C28H36N6O2/c1-8-23(26-30-31-32-34(26)28(4,5)6)33(16-20-11-9-10-12-24(20)36-7)17-22-15-21-14-18(2)13-19(3)25(21)29-27(22)35/h9-15,23H,8,16-17H2,1-7H3,(H,29,35). The summed E-state index contributed by atoms with van der Waals surface area (Å²) >= 11 is 0. The largest absolute Gasteiger partial charge is 0.496 e. The predicted octanol–water partition coefficient (Wildman–Crippen LogP) is 5.05. The van der Waals surface area contributed by atoms with Gasteiger partial charge >= 0.3 is 0 Å². The Hall–Kier alpha value is -3.52. The zero-order chi connectivity index (χ0) is 26.0. The molecule has 0 amide bonds. The van der Waals surface area contributed by atoms with Gasteiger partial charge in [0, 0.05) is 24.2 Å². The Balaban J connectivity index is 1.82. The lowest BCUT2D eigenvalue weighted by molar-refractivity contribution is 0.152. The summed E-state index contributed by atoms with van der Waals surface area (Å²) in [5.74, 6) is 1.59. The topological polar surface area (TPSA) is 88.9 Å². The van der Waals surface area contributed by atoms with Crippen LogP contribution in [0.4, 0.5) is 0 Å². The second-order valence-corrected chi connectivity index (χ2v) is 10.4. The summed E-state index contributed by atoms with van der Waals surface area (Å²) in [4.78, 5) is 18.6. The molecule has 2 aromatic carbocycles. The van der Waals surface area contributed by atoms with E-state index in [-0.39, 0.29) is 17.1 Å². The van der Waals surface area contributed by atoms with Crippen LogP contribution < -0.4 is 10.3 Å². The van der Waals surface area contributed by atoms with E-state index in [0.29, 0.717) is 18.7 Å². The molecular formula is C28H36N6O2. The van der Waals surface area contributed by atoms with Crippen molar-refractivity contribution in [2.45, 2.75) is 72.6 Å². The third-order valence-electron chi connectivity index (χ3n) is 6.56.